The van der Waals surface area contributed by atoms with Gasteiger partial charge in [-0.05, 0) is 43.0 Å². The van der Waals surface area contributed by atoms with Crippen LogP contribution >= 0.6 is 36.2 Å². The van der Waals surface area contributed by atoms with E-state index in [0.717, 1.165) is 17.1 Å². The molecule has 2 rings (SSSR count). The van der Waals surface area contributed by atoms with Gasteiger partial charge in [-0.2, -0.15) is 13.2 Å². The maximum absolute atomic E-state index is 13.0. The Morgan fingerprint density at radius 2 is 1.89 bits per heavy atom. The lowest BCUT2D eigenvalue weighted by atomic mass is 10.1. The Hall–Kier alpha value is -1.35. The van der Waals surface area contributed by atoms with Crippen LogP contribution in [-0.2, 0) is 19.1 Å². The van der Waals surface area contributed by atoms with Gasteiger partial charge in [0.05, 0.1) is 16.3 Å². The van der Waals surface area contributed by atoms with Gasteiger partial charge in [0.1, 0.15) is 4.88 Å². The molecule has 0 bridgehead atoms. The second-order valence-corrected chi connectivity index (χ2v) is 7.38. The number of alkyl halides is 3. The number of nitrogens with zero attached hydrogens (tertiary/aromatic N) is 1. The van der Waals surface area contributed by atoms with Crippen molar-refractivity contribution in [1.82, 2.24) is 4.98 Å². The van der Waals surface area contributed by atoms with Crippen LogP contribution in [-0.4, -0.2) is 10.9 Å². The number of anilines is 1. The molecule has 152 valence electrons. The molecule has 0 atom stereocenters. The number of thiazole rings is 1. The molecular formula is C17H22Cl2F3N3OS. The highest BCUT2D eigenvalue weighted by Crippen LogP contribution is 2.32. The number of halogens is 5. The molecule has 1 aromatic heterocycles. The average Bonchev–Trinajstić information content (AvgIpc) is 2.85. The minimum Gasteiger partial charge on any atom is -0.326 e. The summed E-state index contributed by atoms with van der Waals surface area (Å²) in [6, 6.07) is 3.34. The molecule has 0 radical (unpaired) electrons. The average molecular weight is 444 g/mol. The number of benzene rings is 1. The van der Waals surface area contributed by atoms with E-state index in [4.69, 9.17) is 5.73 Å². The third kappa shape index (κ3) is 6.95. The third-order valence-corrected chi connectivity index (χ3v) is 4.44. The fourth-order valence-electron chi connectivity index (χ4n) is 2.41. The maximum Gasteiger partial charge on any atom is 0.416 e. The number of aromatic nitrogens is 1. The number of carbonyl (C=O) groups excluding carboxylic acids is 1. The Bertz CT molecular complexity index is 779. The van der Waals surface area contributed by atoms with Crippen molar-refractivity contribution >= 4 is 47.7 Å². The summed E-state index contributed by atoms with van der Waals surface area (Å²) in [7, 11) is 0. The van der Waals surface area contributed by atoms with Crippen LogP contribution in [0.4, 0.5) is 18.9 Å². The van der Waals surface area contributed by atoms with Gasteiger partial charge in [-0.25, -0.2) is 4.98 Å². The van der Waals surface area contributed by atoms with Gasteiger partial charge < -0.3 is 11.1 Å². The van der Waals surface area contributed by atoms with Gasteiger partial charge in [0, 0.05) is 12.2 Å². The SMILES string of the molecule is Cc1nc(CC(C)C)c(C(=O)Nc2cc(CN)cc(C(F)(F)F)c2)s1.Cl.Cl. The highest BCUT2D eigenvalue weighted by atomic mass is 35.5. The standard InChI is InChI=1S/C17H20F3N3OS.2ClH/c1-9(2)4-14-15(25-10(3)22-14)16(24)23-13-6-11(8-21)5-12(7-13)17(18,19)20;;/h5-7,9H,4,8,21H2,1-3H3,(H,23,24);2*1H. The van der Waals surface area contributed by atoms with E-state index in [0.29, 0.717) is 28.5 Å². The van der Waals surface area contributed by atoms with Gasteiger partial charge in [0.2, 0.25) is 0 Å². The molecule has 0 saturated carbocycles. The molecule has 27 heavy (non-hydrogen) atoms. The normalized spacial score (nSPS) is 11.0. The topological polar surface area (TPSA) is 68.0 Å². The van der Waals surface area contributed by atoms with Gasteiger partial charge in [-0.1, -0.05) is 13.8 Å². The lowest BCUT2D eigenvalue weighted by Crippen LogP contribution is -2.15. The number of aryl methyl sites for hydroxylation is 1. The second kappa shape index (κ2) is 10.3. The van der Waals surface area contributed by atoms with Crippen molar-refractivity contribution < 1.29 is 18.0 Å². The zero-order valence-electron chi connectivity index (χ0n) is 15.0. The van der Waals surface area contributed by atoms with Crippen molar-refractivity contribution in [2.45, 2.75) is 39.9 Å². The van der Waals surface area contributed by atoms with E-state index >= 15 is 0 Å². The second-order valence-electron chi connectivity index (χ2n) is 6.18. The predicted octanol–water partition coefficient (Wildman–Crippen LogP) is 5.22. The molecule has 3 N–H and O–H groups in total. The van der Waals surface area contributed by atoms with Crippen LogP contribution in [0.2, 0.25) is 0 Å². The van der Waals surface area contributed by atoms with E-state index in [1.54, 1.807) is 6.92 Å². The van der Waals surface area contributed by atoms with E-state index in [2.05, 4.69) is 10.3 Å². The summed E-state index contributed by atoms with van der Waals surface area (Å²) in [6.07, 6.45) is -3.88. The van der Waals surface area contributed by atoms with Crippen LogP contribution in [0.15, 0.2) is 18.2 Å². The zero-order valence-corrected chi connectivity index (χ0v) is 17.5. The van der Waals surface area contributed by atoms with E-state index in [9.17, 15) is 18.0 Å². The molecule has 1 amide bonds. The molecule has 10 heteroatoms. The molecule has 1 aromatic carbocycles. The van der Waals surface area contributed by atoms with Crippen molar-refractivity contribution in [3.05, 3.63) is 44.9 Å². The first-order chi connectivity index (χ1) is 11.6. The summed E-state index contributed by atoms with van der Waals surface area (Å²) in [6.45, 7) is 5.76. The monoisotopic (exact) mass is 443 g/mol. The van der Waals surface area contributed by atoms with Gasteiger partial charge in [0.25, 0.3) is 5.91 Å². The van der Waals surface area contributed by atoms with Crippen LogP contribution in [0.25, 0.3) is 0 Å². The Morgan fingerprint density at radius 1 is 1.26 bits per heavy atom. The van der Waals surface area contributed by atoms with E-state index in [1.165, 1.54) is 17.4 Å². The fraction of sp³-hybridized carbons (Fsp3) is 0.412. The first-order valence-corrected chi connectivity index (χ1v) is 8.60. The quantitative estimate of drug-likeness (QED) is 0.664. The molecule has 0 fully saturated rings. The number of nitrogens with two attached hydrogens (primary N) is 1. The summed E-state index contributed by atoms with van der Waals surface area (Å²) in [5, 5.41) is 3.29. The molecule has 0 spiro atoms. The number of carbonyl (C=O) groups is 1. The first kappa shape index (κ1) is 25.7. The number of amides is 1. The highest BCUT2D eigenvalue weighted by Gasteiger charge is 2.31. The van der Waals surface area contributed by atoms with Gasteiger partial charge in [-0.15, -0.1) is 36.2 Å². The Kier molecular flexibility index (Phi) is 9.75. The summed E-state index contributed by atoms with van der Waals surface area (Å²) in [5.41, 5.74) is 5.67. The van der Waals surface area contributed by atoms with Crippen molar-refractivity contribution in [3.8, 4) is 0 Å². The molecule has 4 nitrogen and oxygen atoms in total. The molecule has 0 aliphatic carbocycles. The lowest BCUT2D eigenvalue weighted by molar-refractivity contribution is -0.137. The van der Waals surface area contributed by atoms with Crippen LogP contribution in [0, 0.1) is 12.8 Å². The number of nitrogens with one attached hydrogen (secondary N) is 1. The molecule has 0 aliphatic rings. The van der Waals surface area contributed by atoms with Gasteiger partial charge in [-0.3, -0.25) is 4.79 Å². The lowest BCUT2D eigenvalue weighted by Gasteiger charge is -2.12. The molecule has 1 heterocycles. The Balaban J connectivity index is 0.00000338. The minimum atomic E-state index is -4.51. The number of hydrogen-bond acceptors (Lipinski definition) is 4. The molecule has 2 aromatic rings. The van der Waals surface area contributed by atoms with Gasteiger partial charge in [0.15, 0.2) is 0 Å². The zero-order chi connectivity index (χ0) is 18.8. The van der Waals surface area contributed by atoms with Crippen molar-refractivity contribution in [3.63, 3.8) is 0 Å². The van der Waals surface area contributed by atoms with Crippen LogP contribution in [0.1, 0.15) is 45.3 Å². The summed E-state index contributed by atoms with van der Waals surface area (Å²) >= 11 is 1.23. The van der Waals surface area contributed by atoms with Crippen molar-refractivity contribution in [2.75, 3.05) is 5.32 Å². The summed E-state index contributed by atoms with van der Waals surface area (Å²) in [4.78, 5) is 17.3. The Labute approximate surface area is 172 Å². The largest absolute Gasteiger partial charge is 0.416 e. The third-order valence-electron chi connectivity index (χ3n) is 3.43. The van der Waals surface area contributed by atoms with E-state index in [-0.39, 0.29) is 37.0 Å². The fourth-order valence-corrected chi connectivity index (χ4v) is 3.25. The van der Waals surface area contributed by atoms with Gasteiger partial charge >= 0.3 is 6.18 Å². The van der Waals surface area contributed by atoms with E-state index in [1.807, 2.05) is 13.8 Å². The van der Waals surface area contributed by atoms with Crippen LogP contribution < -0.4 is 11.1 Å². The summed E-state index contributed by atoms with van der Waals surface area (Å²) in [5.74, 6) is -0.144. The smallest absolute Gasteiger partial charge is 0.326 e. The minimum absolute atomic E-state index is 0. The number of hydrogen-bond donors (Lipinski definition) is 2. The summed E-state index contributed by atoms with van der Waals surface area (Å²) < 4.78 is 39.0. The van der Waals surface area contributed by atoms with Crippen LogP contribution in [0.3, 0.4) is 0 Å². The Morgan fingerprint density at radius 3 is 2.41 bits per heavy atom. The molecule has 0 saturated heterocycles. The molecule has 0 unspecified atom stereocenters. The van der Waals surface area contributed by atoms with Crippen molar-refractivity contribution in [1.29, 1.82) is 0 Å². The maximum atomic E-state index is 13.0. The first-order valence-electron chi connectivity index (χ1n) is 7.79. The highest BCUT2D eigenvalue weighted by molar-refractivity contribution is 7.13. The number of rotatable bonds is 5. The van der Waals surface area contributed by atoms with Crippen molar-refractivity contribution in [2.24, 2.45) is 11.7 Å². The molecular weight excluding hydrogens is 422 g/mol. The predicted molar refractivity (Wildman–Crippen MR) is 107 cm³/mol. The van der Waals surface area contributed by atoms with E-state index < -0.39 is 17.6 Å². The van der Waals surface area contributed by atoms with Crippen LogP contribution in [0.5, 0.6) is 0 Å². The molecule has 0 aliphatic heterocycles.